The lowest BCUT2D eigenvalue weighted by atomic mass is 9.73. The number of rotatable bonds is 7. The lowest BCUT2D eigenvalue weighted by molar-refractivity contribution is -0.0884. The Labute approximate surface area is 291 Å². The fourth-order valence-corrected chi connectivity index (χ4v) is 10.3. The first kappa shape index (κ1) is 31.0. The van der Waals surface area contributed by atoms with Crippen molar-refractivity contribution in [2.24, 2.45) is 10.8 Å². The summed E-state index contributed by atoms with van der Waals surface area (Å²) in [4.78, 5) is 19.2. The van der Waals surface area contributed by atoms with Gasteiger partial charge in [0.15, 0.2) is 11.6 Å². The Morgan fingerprint density at radius 3 is 2.54 bits per heavy atom. The lowest BCUT2D eigenvalue weighted by Gasteiger charge is -2.53. The third kappa shape index (κ3) is 4.74. The van der Waals surface area contributed by atoms with Crippen LogP contribution in [0.1, 0.15) is 55.2 Å². The number of pyridine rings is 1. The van der Waals surface area contributed by atoms with Crippen molar-refractivity contribution in [2.75, 3.05) is 63.2 Å². The number of benzene rings is 1. The average molecular weight is 701 g/mol. The normalized spacial score (nSPS) is 24.9. The van der Waals surface area contributed by atoms with Crippen LogP contribution in [0.15, 0.2) is 6.20 Å². The highest BCUT2D eigenvalue weighted by molar-refractivity contribution is 7.23. The van der Waals surface area contributed by atoms with Crippen molar-refractivity contribution in [2.45, 2.75) is 63.8 Å². The quantitative estimate of drug-likeness (QED) is 0.273. The molecule has 14 heteroatoms. The van der Waals surface area contributed by atoms with E-state index in [0.29, 0.717) is 28.8 Å². The molecule has 5 fully saturated rings. The van der Waals surface area contributed by atoms with Crippen molar-refractivity contribution in [3.8, 4) is 23.3 Å². The maximum Gasteiger partial charge on any atom is 0.319 e. The maximum absolute atomic E-state index is 17.4. The van der Waals surface area contributed by atoms with Crippen molar-refractivity contribution in [3.05, 3.63) is 34.5 Å². The number of nitrogens with one attached hydrogen (secondary N) is 1. The summed E-state index contributed by atoms with van der Waals surface area (Å²) in [5.74, 6) is -0.548. The second-order valence-corrected chi connectivity index (χ2v) is 16.4. The highest BCUT2D eigenvalue weighted by Crippen LogP contribution is 2.51. The molecular formula is C36H38F2N8O3S. The summed E-state index contributed by atoms with van der Waals surface area (Å²) in [6.45, 7) is 7.37. The van der Waals surface area contributed by atoms with Gasteiger partial charge >= 0.3 is 6.01 Å². The zero-order chi connectivity index (χ0) is 33.8. The third-order valence-corrected chi connectivity index (χ3v) is 13.1. The van der Waals surface area contributed by atoms with E-state index in [1.807, 2.05) is 0 Å². The molecule has 1 saturated carbocycles. The van der Waals surface area contributed by atoms with E-state index in [2.05, 4.69) is 26.2 Å². The summed E-state index contributed by atoms with van der Waals surface area (Å²) in [5, 5.41) is 14.5. The Kier molecular flexibility index (Phi) is 7.06. The Balaban J connectivity index is 1.07. The molecule has 11 nitrogen and oxygen atoms in total. The van der Waals surface area contributed by atoms with Crippen molar-refractivity contribution < 1.29 is 23.0 Å². The minimum Gasteiger partial charge on any atom is -0.463 e. The molecule has 6 aliphatic rings. The highest BCUT2D eigenvalue weighted by Gasteiger charge is 2.51. The SMILES string of the molecule is N#Cc1c(N)sc2c(F)cnc(-c3c4c(c5c(N6C7CCC6CNC7)nc(OCC6(CN7CC8(CCOCC8)C7)CC6)nc5c3F)COC4)c12. The molecule has 260 valence electrons. The number of hydrogen-bond acceptors (Lipinski definition) is 12. The van der Waals surface area contributed by atoms with Gasteiger partial charge in [0.05, 0.1) is 47.4 Å². The number of nitriles is 1. The van der Waals surface area contributed by atoms with Crippen LogP contribution in [-0.2, 0) is 22.7 Å². The molecule has 1 aliphatic carbocycles. The second kappa shape index (κ2) is 11.4. The Bertz CT molecular complexity index is 2090. The smallest absolute Gasteiger partial charge is 0.319 e. The summed E-state index contributed by atoms with van der Waals surface area (Å²) in [6.07, 6.45) is 7.50. The minimum absolute atomic E-state index is 0.0328. The van der Waals surface area contributed by atoms with E-state index in [1.165, 1.54) is 0 Å². The Hall–Kier alpha value is -3.74. The molecule has 1 spiro atoms. The molecule has 0 amide bonds. The van der Waals surface area contributed by atoms with Crippen molar-refractivity contribution in [3.63, 3.8) is 0 Å². The number of thiophene rings is 1. The van der Waals surface area contributed by atoms with E-state index < -0.39 is 11.6 Å². The molecule has 8 heterocycles. The Morgan fingerprint density at radius 1 is 1.04 bits per heavy atom. The number of aromatic nitrogens is 3. The van der Waals surface area contributed by atoms with Gasteiger partial charge < -0.3 is 35.1 Å². The fraction of sp³-hybridized carbons (Fsp3) is 0.556. The molecule has 1 aromatic carbocycles. The van der Waals surface area contributed by atoms with Gasteiger partial charge in [-0.3, -0.25) is 4.98 Å². The Morgan fingerprint density at radius 2 is 1.80 bits per heavy atom. The van der Waals surface area contributed by atoms with Gasteiger partial charge in [-0.05, 0) is 49.7 Å². The number of ether oxygens (including phenoxy) is 3. The molecule has 2 bridgehead atoms. The largest absolute Gasteiger partial charge is 0.463 e. The average Bonchev–Trinajstić information content (AvgIpc) is 3.41. The number of likely N-dealkylation sites (tertiary alicyclic amines) is 1. The first-order valence-corrected chi connectivity index (χ1v) is 18.5. The van der Waals surface area contributed by atoms with E-state index in [9.17, 15) is 5.26 Å². The predicted octanol–water partition coefficient (Wildman–Crippen LogP) is 4.88. The van der Waals surface area contributed by atoms with Gasteiger partial charge in [-0.2, -0.15) is 15.2 Å². The molecule has 0 radical (unpaired) electrons. The molecule has 4 aromatic rings. The summed E-state index contributed by atoms with van der Waals surface area (Å²) in [6, 6.07) is 2.67. The van der Waals surface area contributed by atoms with Crippen LogP contribution < -0.4 is 20.7 Å². The molecule has 3 N–H and O–H groups in total. The molecule has 10 rings (SSSR count). The van der Waals surface area contributed by atoms with Gasteiger partial charge in [0.2, 0.25) is 0 Å². The van der Waals surface area contributed by atoms with E-state index >= 15 is 8.78 Å². The third-order valence-electron chi connectivity index (χ3n) is 12.1. The first-order valence-electron chi connectivity index (χ1n) is 17.7. The van der Waals surface area contributed by atoms with Crippen molar-refractivity contribution in [1.82, 2.24) is 25.2 Å². The van der Waals surface area contributed by atoms with E-state index in [4.69, 9.17) is 29.9 Å². The number of anilines is 2. The summed E-state index contributed by atoms with van der Waals surface area (Å²) < 4.78 is 50.7. The molecule has 4 saturated heterocycles. The lowest BCUT2D eigenvalue weighted by Crippen LogP contribution is -2.59. The van der Waals surface area contributed by atoms with Gasteiger partial charge in [-0.25, -0.2) is 8.78 Å². The van der Waals surface area contributed by atoms with Crippen LogP contribution in [0.5, 0.6) is 6.01 Å². The zero-order valence-electron chi connectivity index (χ0n) is 27.7. The van der Waals surface area contributed by atoms with Crippen molar-refractivity contribution in [1.29, 1.82) is 5.26 Å². The van der Waals surface area contributed by atoms with Gasteiger partial charge in [0.1, 0.15) is 22.4 Å². The van der Waals surface area contributed by atoms with Gasteiger partial charge in [-0.15, -0.1) is 11.3 Å². The number of hydrogen-bond donors (Lipinski definition) is 2. The first-order chi connectivity index (χ1) is 24.4. The van der Waals surface area contributed by atoms with Gasteiger partial charge in [0, 0.05) is 79.8 Å². The molecule has 50 heavy (non-hydrogen) atoms. The standard InChI is InChI=1S/C36H38F2N8O3S/c37-24-12-42-29(26-21(9-39)32(40)50-31(24)26)25-22-13-48-14-23(22)27-30(28(25)38)43-34(44-33(27)46-19-1-2-20(46)11-41-10-19)49-18-36(3-4-36)17-45-15-35(16-45)5-7-47-8-6-35/h12,19-20,41H,1-8,10-11,13-18,40H2. The number of nitrogens with zero attached hydrogens (tertiary/aromatic N) is 6. The molecule has 5 aliphatic heterocycles. The van der Waals surface area contributed by atoms with Gasteiger partial charge in [-0.1, -0.05) is 0 Å². The maximum atomic E-state index is 17.4. The number of nitrogens with two attached hydrogens (primary N) is 1. The van der Waals surface area contributed by atoms with Crippen LogP contribution in [0.4, 0.5) is 19.6 Å². The summed E-state index contributed by atoms with van der Waals surface area (Å²) in [7, 11) is 0. The predicted molar refractivity (Wildman–Crippen MR) is 184 cm³/mol. The summed E-state index contributed by atoms with van der Waals surface area (Å²) >= 11 is 0.963. The van der Waals surface area contributed by atoms with Crippen LogP contribution in [-0.4, -0.2) is 84.5 Å². The number of piperazine rings is 1. The number of halogens is 2. The van der Waals surface area contributed by atoms with E-state index in [1.54, 1.807) is 0 Å². The van der Waals surface area contributed by atoms with E-state index in [0.717, 1.165) is 108 Å². The molecular weight excluding hydrogens is 663 g/mol. The number of fused-ring (bicyclic) bond motifs is 6. The van der Waals surface area contributed by atoms with Crippen LogP contribution in [0.25, 0.3) is 32.2 Å². The second-order valence-electron chi connectivity index (χ2n) is 15.3. The van der Waals surface area contributed by atoms with Crippen LogP contribution in [0.2, 0.25) is 0 Å². The highest BCUT2D eigenvalue weighted by atomic mass is 32.1. The van der Waals surface area contributed by atoms with Gasteiger partial charge in [0.25, 0.3) is 0 Å². The summed E-state index contributed by atoms with van der Waals surface area (Å²) in [5.41, 5.74) is 8.51. The fourth-order valence-electron chi connectivity index (χ4n) is 9.35. The molecule has 2 unspecified atom stereocenters. The monoisotopic (exact) mass is 700 g/mol. The van der Waals surface area contributed by atoms with Crippen LogP contribution in [0.3, 0.4) is 0 Å². The zero-order valence-corrected chi connectivity index (χ0v) is 28.5. The molecule has 3 aromatic heterocycles. The number of nitrogen functional groups attached to an aromatic ring is 1. The van der Waals surface area contributed by atoms with Crippen LogP contribution >= 0.6 is 11.3 Å². The van der Waals surface area contributed by atoms with E-state index in [-0.39, 0.29) is 74.1 Å². The topological polar surface area (TPSA) is 135 Å². The van der Waals surface area contributed by atoms with Crippen molar-refractivity contribution >= 4 is 43.1 Å². The molecule has 2 atom stereocenters. The minimum atomic E-state index is -0.613. The van der Waals surface area contributed by atoms with Crippen LogP contribution in [0, 0.1) is 33.8 Å².